The van der Waals surface area contributed by atoms with Crippen molar-refractivity contribution in [3.8, 4) is 0 Å². The molecular formula is C20H22FN3O6S. The average molecular weight is 451 g/mol. The molecule has 2 amide bonds. The number of anilines is 1. The Hall–Kier alpha value is -3.31. The summed E-state index contributed by atoms with van der Waals surface area (Å²) in [7, 11) is -3.91. The van der Waals surface area contributed by atoms with Crippen LogP contribution in [-0.2, 0) is 29.1 Å². The molecule has 0 bridgehead atoms. The third-order valence-electron chi connectivity index (χ3n) is 4.13. The van der Waals surface area contributed by atoms with Crippen LogP contribution in [0.5, 0.6) is 0 Å². The third-order valence-corrected chi connectivity index (χ3v) is 5.53. The Balaban J connectivity index is 1.71. The van der Waals surface area contributed by atoms with E-state index in [1.807, 2.05) is 6.92 Å². The van der Waals surface area contributed by atoms with E-state index in [0.29, 0.717) is 5.69 Å². The van der Waals surface area contributed by atoms with Gasteiger partial charge in [-0.15, -0.1) is 0 Å². The van der Waals surface area contributed by atoms with Crippen LogP contribution >= 0.6 is 0 Å². The first-order valence-corrected chi connectivity index (χ1v) is 10.6. The Morgan fingerprint density at radius 3 is 2.26 bits per heavy atom. The molecule has 31 heavy (non-hydrogen) atoms. The molecule has 0 unspecified atom stereocenters. The number of aryl methyl sites for hydroxylation is 2. The molecule has 0 aromatic heterocycles. The van der Waals surface area contributed by atoms with Crippen LogP contribution in [0.3, 0.4) is 0 Å². The number of halogens is 1. The summed E-state index contributed by atoms with van der Waals surface area (Å²) in [5.41, 5.74) is 2.06. The van der Waals surface area contributed by atoms with Gasteiger partial charge in [0, 0.05) is 5.69 Å². The maximum absolute atomic E-state index is 12.8. The van der Waals surface area contributed by atoms with Crippen molar-refractivity contribution in [2.75, 3.05) is 25.0 Å². The zero-order valence-electron chi connectivity index (χ0n) is 16.9. The topological polar surface area (TPSA) is 131 Å². The Labute approximate surface area is 179 Å². The first kappa shape index (κ1) is 24.0. The standard InChI is InChI=1S/C20H22FN3O6S/c1-13-3-8-17(9-14(13)2)31(28,29)23-11-20(27)30-12-19(26)22-10-18(25)24-16-6-4-15(21)5-7-16/h3-9,23H,10-12H2,1-2H3,(H,22,26)(H,24,25). The molecule has 11 heteroatoms. The minimum Gasteiger partial charge on any atom is -0.455 e. The first-order chi connectivity index (χ1) is 14.6. The number of nitrogens with one attached hydrogen (secondary N) is 3. The maximum atomic E-state index is 12.8. The van der Waals surface area contributed by atoms with E-state index in [4.69, 9.17) is 4.74 Å². The number of ether oxygens (including phenoxy) is 1. The summed E-state index contributed by atoms with van der Waals surface area (Å²) in [5.74, 6) is -2.73. The van der Waals surface area contributed by atoms with Crippen LogP contribution in [0, 0.1) is 19.7 Å². The molecule has 9 nitrogen and oxygen atoms in total. The van der Waals surface area contributed by atoms with Gasteiger partial charge in [0.05, 0.1) is 11.4 Å². The number of hydrogen-bond acceptors (Lipinski definition) is 6. The van der Waals surface area contributed by atoms with Crippen LogP contribution in [0.1, 0.15) is 11.1 Å². The third kappa shape index (κ3) is 7.79. The lowest BCUT2D eigenvalue weighted by molar-refractivity contribution is -0.147. The van der Waals surface area contributed by atoms with Gasteiger partial charge in [0.25, 0.3) is 5.91 Å². The van der Waals surface area contributed by atoms with Crippen LogP contribution in [0.15, 0.2) is 47.4 Å². The second-order valence-electron chi connectivity index (χ2n) is 6.56. The number of carbonyl (C=O) groups is 3. The number of sulfonamides is 1. The van der Waals surface area contributed by atoms with E-state index in [0.717, 1.165) is 11.1 Å². The largest absolute Gasteiger partial charge is 0.455 e. The molecular weight excluding hydrogens is 429 g/mol. The molecule has 0 saturated carbocycles. The second-order valence-corrected chi connectivity index (χ2v) is 8.33. The molecule has 166 valence electrons. The monoisotopic (exact) mass is 451 g/mol. The maximum Gasteiger partial charge on any atom is 0.321 e. The van der Waals surface area contributed by atoms with Gasteiger partial charge in [0.15, 0.2) is 6.61 Å². The average Bonchev–Trinajstić information content (AvgIpc) is 2.73. The molecule has 0 atom stereocenters. The van der Waals surface area contributed by atoms with Crippen molar-refractivity contribution in [2.45, 2.75) is 18.7 Å². The zero-order chi connectivity index (χ0) is 23.0. The second kappa shape index (κ2) is 10.6. The molecule has 0 aliphatic heterocycles. The van der Waals surface area contributed by atoms with Gasteiger partial charge < -0.3 is 15.4 Å². The normalized spacial score (nSPS) is 10.9. The predicted octanol–water partition coefficient (Wildman–Crippen LogP) is 1.02. The molecule has 0 fully saturated rings. The van der Waals surface area contributed by atoms with Gasteiger partial charge in [-0.2, -0.15) is 4.72 Å². The van der Waals surface area contributed by atoms with Crippen LogP contribution in [-0.4, -0.2) is 45.9 Å². The molecule has 0 heterocycles. The number of benzene rings is 2. The Morgan fingerprint density at radius 2 is 1.61 bits per heavy atom. The number of hydrogen-bond donors (Lipinski definition) is 3. The van der Waals surface area contributed by atoms with Crippen LogP contribution in [0.4, 0.5) is 10.1 Å². The molecule has 0 saturated heterocycles. The summed E-state index contributed by atoms with van der Waals surface area (Å²) in [5, 5.41) is 4.68. The van der Waals surface area contributed by atoms with E-state index >= 15 is 0 Å². The van der Waals surface area contributed by atoms with E-state index in [9.17, 15) is 27.2 Å². The molecule has 2 rings (SSSR count). The van der Waals surface area contributed by atoms with Gasteiger partial charge in [-0.05, 0) is 61.4 Å². The van der Waals surface area contributed by atoms with Gasteiger partial charge in [-0.25, -0.2) is 12.8 Å². The minimum atomic E-state index is -3.91. The van der Waals surface area contributed by atoms with Crippen molar-refractivity contribution < 1.29 is 31.9 Å². The smallest absolute Gasteiger partial charge is 0.321 e. The highest BCUT2D eigenvalue weighted by Crippen LogP contribution is 2.14. The molecule has 0 aliphatic rings. The van der Waals surface area contributed by atoms with E-state index in [1.165, 1.54) is 36.4 Å². The summed E-state index contributed by atoms with van der Waals surface area (Å²) >= 11 is 0. The van der Waals surface area contributed by atoms with Crippen molar-refractivity contribution in [3.63, 3.8) is 0 Å². The Morgan fingerprint density at radius 1 is 0.935 bits per heavy atom. The SMILES string of the molecule is Cc1ccc(S(=O)(=O)NCC(=O)OCC(=O)NCC(=O)Nc2ccc(F)cc2)cc1C. The zero-order valence-corrected chi connectivity index (χ0v) is 17.7. The lowest BCUT2D eigenvalue weighted by Gasteiger charge is -2.09. The summed E-state index contributed by atoms with van der Waals surface area (Å²) < 4.78 is 44.1. The molecule has 0 spiro atoms. The highest BCUT2D eigenvalue weighted by Gasteiger charge is 2.17. The fourth-order valence-electron chi connectivity index (χ4n) is 2.28. The summed E-state index contributed by atoms with van der Waals surface area (Å²) in [4.78, 5) is 35.1. The molecule has 3 N–H and O–H groups in total. The highest BCUT2D eigenvalue weighted by atomic mass is 32.2. The lowest BCUT2D eigenvalue weighted by Crippen LogP contribution is -2.37. The van der Waals surface area contributed by atoms with Gasteiger partial charge in [-0.1, -0.05) is 6.07 Å². The van der Waals surface area contributed by atoms with E-state index in [2.05, 4.69) is 15.4 Å². The Kier molecular flexibility index (Phi) is 8.22. The molecule has 0 aliphatic carbocycles. The molecule has 2 aromatic rings. The van der Waals surface area contributed by atoms with Gasteiger partial charge in [0.2, 0.25) is 15.9 Å². The van der Waals surface area contributed by atoms with Crippen molar-refractivity contribution in [1.29, 1.82) is 0 Å². The quantitative estimate of drug-likeness (QED) is 0.488. The summed E-state index contributed by atoms with van der Waals surface area (Å²) in [6, 6.07) is 9.60. The fraction of sp³-hybridized carbons (Fsp3) is 0.250. The number of rotatable bonds is 9. The van der Waals surface area contributed by atoms with Crippen LogP contribution in [0.25, 0.3) is 0 Å². The van der Waals surface area contributed by atoms with Crippen molar-refractivity contribution in [3.05, 3.63) is 59.4 Å². The lowest BCUT2D eigenvalue weighted by atomic mass is 10.1. The van der Waals surface area contributed by atoms with Gasteiger partial charge in [-0.3, -0.25) is 14.4 Å². The number of carbonyl (C=O) groups excluding carboxylic acids is 3. The predicted molar refractivity (Wildman–Crippen MR) is 110 cm³/mol. The number of amides is 2. The summed E-state index contributed by atoms with van der Waals surface area (Å²) in [6.07, 6.45) is 0. The van der Waals surface area contributed by atoms with Crippen molar-refractivity contribution in [1.82, 2.24) is 10.0 Å². The first-order valence-electron chi connectivity index (χ1n) is 9.11. The van der Waals surface area contributed by atoms with E-state index < -0.39 is 53.3 Å². The van der Waals surface area contributed by atoms with Gasteiger partial charge in [0.1, 0.15) is 12.4 Å². The highest BCUT2D eigenvalue weighted by molar-refractivity contribution is 7.89. The van der Waals surface area contributed by atoms with Crippen molar-refractivity contribution in [2.24, 2.45) is 0 Å². The van der Waals surface area contributed by atoms with Crippen molar-refractivity contribution >= 4 is 33.5 Å². The van der Waals surface area contributed by atoms with Crippen LogP contribution < -0.4 is 15.4 Å². The number of esters is 1. The van der Waals surface area contributed by atoms with Crippen LogP contribution in [0.2, 0.25) is 0 Å². The fourth-order valence-corrected chi connectivity index (χ4v) is 3.34. The molecule has 2 aromatic carbocycles. The van der Waals surface area contributed by atoms with E-state index in [-0.39, 0.29) is 4.90 Å². The van der Waals surface area contributed by atoms with Gasteiger partial charge >= 0.3 is 5.97 Å². The Bertz CT molecular complexity index is 1070. The molecule has 0 radical (unpaired) electrons. The van der Waals surface area contributed by atoms with E-state index in [1.54, 1.807) is 13.0 Å². The summed E-state index contributed by atoms with van der Waals surface area (Å²) in [6.45, 7) is 1.87. The minimum absolute atomic E-state index is 0.00769.